The molecule has 6 heteroatoms. The second-order valence-electron chi connectivity index (χ2n) is 2.83. The van der Waals surface area contributed by atoms with Gasteiger partial charge in [0.2, 0.25) is 0 Å². The van der Waals surface area contributed by atoms with E-state index in [0.29, 0.717) is 0 Å². The fourth-order valence-electron chi connectivity index (χ4n) is 1.42. The number of nitrogens with zero attached hydrogens (tertiary/aromatic N) is 2. The number of carbonyl (C=O) groups is 1. The van der Waals surface area contributed by atoms with Crippen LogP contribution in [-0.4, -0.2) is 30.2 Å². The Hall–Kier alpha value is -1.43. The van der Waals surface area contributed by atoms with Gasteiger partial charge in [0.1, 0.15) is 0 Å². The summed E-state index contributed by atoms with van der Waals surface area (Å²) >= 11 is 0. The van der Waals surface area contributed by atoms with Crippen molar-refractivity contribution in [2.24, 2.45) is 0 Å². The Morgan fingerprint density at radius 2 is 2.21 bits per heavy atom. The Bertz CT molecular complexity index is 495. The summed E-state index contributed by atoms with van der Waals surface area (Å²) in [6.45, 7) is 1.75. The van der Waals surface area contributed by atoms with Gasteiger partial charge < -0.3 is 0 Å². The highest BCUT2D eigenvalue weighted by Gasteiger charge is 2.41. The number of hydrogen-bond donors (Lipinski definition) is 0. The minimum atomic E-state index is -3.67. The first-order valence-corrected chi connectivity index (χ1v) is 5.55. The summed E-state index contributed by atoms with van der Waals surface area (Å²) in [7, 11) is -3.67. The van der Waals surface area contributed by atoms with E-state index in [1.54, 1.807) is 13.0 Å². The molecule has 5 nitrogen and oxygen atoms in total. The van der Waals surface area contributed by atoms with Gasteiger partial charge in [-0.15, -0.1) is 0 Å². The minimum Gasteiger partial charge on any atom is -0.268 e. The Morgan fingerprint density at radius 3 is 2.79 bits per heavy atom. The Kier molecular flexibility index (Phi) is 1.81. The molecule has 1 aromatic heterocycles. The van der Waals surface area contributed by atoms with E-state index in [4.69, 9.17) is 0 Å². The molecule has 0 aromatic carbocycles. The molecule has 1 aromatic rings. The van der Waals surface area contributed by atoms with E-state index in [1.165, 1.54) is 12.3 Å². The Balaban J connectivity index is 2.74. The molecule has 0 aliphatic carbocycles. The Morgan fingerprint density at radius 1 is 1.50 bits per heavy atom. The van der Waals surface area contributed by atoms with E-state index in [2.05, 4.69) is 4.98 Å². The van der Waals surface area contributed by atoms with Gasteiger partial charge in [0.15, 0.2) is 5.03 Å². The monoisotopic (exact) mass is 212 g/mol. The predicted octanol–water partition coefficient (Wildman–Crippen LogP) is 0.246. The summed E-state index contributed by atoms with van der Waals surface area (Å²) in [6.07, 6.45) is 1.36. The smallest absolute Gasteiger partial charge is 0.268 e. The van der Waals surface area contributed by atoms with Gasteiger partial charge in [-0.2, -0.15) is 8.42 Å². The highest BCUT2D eigenvalue weighted by molar-refractivity contribution is 7.90. The molecule has 0 spiro atoms. The molecule has 1 aliphatic heterocycles. The zero-order valence-corrected chi connectivity index (χ0v) is 8.28. The number of carbonyl (C=O) groups excluding carboxylic acids is 1. The number of amides is 1. The third-order valence-corrected chi connectivity index (χ3v) is 3.87. The van der Waals surface area contributed by atoms with Crippen molar-refractivity contribution < 1.29 is 13.2 Å². The van der Waals surface area contributed by atoms with Gasteiger partial charge in [0, 0.05) is 12.7 Å². The van der Waals surface area contributed by atoms with Gasteiger partial charge in [0.05, 0.1) is 5.56 Å². The van der Waals surface area contributed by atoms with Crippen LogP contribution in [0.2, 0.25) is 0 Å². The number of fused-ring (bicyclic) bond motifs is 1. The van der Waals surface area contributed by atoms with Crippen molar-refractivity contribution in [2.45, 2.75) is 11.9 Å². The molecule has 0 N–H and O–H groups in total. The first-order chi connectivity index (χ1) is 6.59. The van der Waals surface area contributed by atoms with Crippen LogP contribution in [0.5, 0.6) is 0 Å². The number of hydrogen-bond acceptors (Lipinski definition) is 4. The molecule has 2 rings (SSSR count). The third kappa shape index (κ3) is 0.971. The van der Waals surface area contributed by atoms with Crippen molar-refractivity contribution in [3.05, 3.63) is 23.9 Å². The molecule has 0 atom stereocenters. The SMILES string of the molecule is CCN1C(=O)c2cccnc2S1(=O)=O. The number of aromatic nitrogens is 1. The van der Waals surface area contributed by atoms with E-state index in [-0.39, 0.29) is 17.1 Å². The molecule has 1 amide bonds. The summed E-state index contributed by atoms with van der Waals surface area (Å²) < 4.78 is 24.2. The lowest BCUT2D eigenvalue weighted by atomic mass is 10.3. The second kappa shape index (κ2) is 2.78. The van der Waals surface area contributed by atoms with Gasteiger partial charge in [-0.1, -0.05) is 0 Å². The van der Waals surface area contributed by atoms with E-state index >= 15 is 0 Å². The standard InChI is InChI=1S/C8H8N2O3S/c1-2-10-8(11)6-4-3-5-9-7(6)14(10,12)13/h3-5H,2H2,1H3. The largest absolute Gasteiger partial charge is 0.285 e. The fourth-order valence-corrected chi connectivity index (χ4v) is 2.91. The molecule has 1 aliphatic rings. The normalized spacial score (nSPS) is 18.4. The van der Waals surface area contributed by atoms with Crippen LogP contribution in [0.25, 0.3) is 0 Å². The number of sulfonamides is 1. The third-order valence-electron chi connectivity index (χ3n) is 2.05. The van der Waals surface area contributed by atoms with Crippen LogP contribution in [0.1, 0.15) is 17.3 Å². The molecule has 0 fully saturated rings. The molecule has 14 heavy (non-hydrogen) atoms. The zero-order chi connectivity index (χ0) is 10.3. The lowest BCUT2D eigenvalue weighted by Gasteiger charge is -2.10. The lowest BCUT2D eigenvalue weighted by Crippen LogP contribution is -2.29. The first-order valence-electron chi connectivity index (χ1n) is 4.11. The van der Waals surface area contributed by atoms with Gasteiger partial charge in [0.25, 0.3) is 15.9 Å². The number of pyridine rings is 1. The van der Waals surface area contributed by atoms with Gasteiger partial charge in [-0.3, -0.25) is 4.79 Å². The van der Waals surface area contributed by atoms with Crippen LogP contribution in [0.4, 0.5) is 0 Å². The van der Waals surface area contributed by atoms with E-state index in [1.807, 2.05) is 0 Å². The molecule has 0 saturated carbocycles. The molecule has 0 saturated heterocycles. The molecule has 0 unspecified atom stereocenters. The summed E-state index contributed by atoms with van der Waals surface area (Å²) in [5.74, 6) is -0.490. The lowest BCUT2D eigenvalue weighted by molar-refractivity contribution is 0.0875. The van der Waals surface area contributed by atoms with Crippen LogP contribution < -0.4 is 0 Å². The van der Waals surface area contributed by atoms with Crippen LogP contribution in [-0.2, 0) is 10.0 Å². The highest BCUT2D eigenvalue weighted by Crippen LogP contribution is 2.27. The van der Waals surface area contributed by atoms with Crippen molar-refractivity contribution in [3.63, 3.8) is 0 Å². The van der Waals surface area contributed by atoms with Gasteiger partial charge >= 0.3 is 0 Å². The van der Waals surface area contributed by atoms with Crippen molar-refractivity contribution in [1.29, 1.82) is 0 Å². The van der Waals surface area contributed by atoms with Crippen LogP contribution in [0.3, 0.4) is 0 Å². The van der Waals surface area contributed by atoms with Gasteiger partial charge in [-0.05, 0) is 19.1 Å². The molecule has 0 radical (unpaired) electrons. The molecule has 0 bridgehead atoms. The second-order valence-corrected chi connectivity index (χ2v) is 4.61. The Labute approximate surface area is 81.4 Å². The van der Waals surface area contributed by atoms with Crippen molar-refractivity contribution in [1.82, 2.24) is 9.29 Å². The van der Waals surface area contributed by atoms with Gasteiger partial charge in [-0.25, -0.2) is 9.29 Å². The predicted molar refractivity (Wildman–Crippen MR) is 48.1 cm³/mol. The molecule has 74 valence electrons. The van der Waals surface area contributed by atoms with Crippen molar-refractivity contribution >= 4 is 15.9 Å². The molecule has 2 heterocycles. The minimum absolute atomic E-state index is 0.133. The van der Waals surface area contributed by atoms with Crippen molar-refractivity contribution in [2.75, 3.05) is 6.54 Å². The maximum atomic E-state index is 11.7. The van der Waals surface area contributed by atoms with Crippen LogP contribution in [0.15, 0.2) is 23.4 Å². The highest BCUT2D eigenvalue weighted by atomic mass is 32.2. The maximum absolute atomic E-state index is 11.7. The average Bonchev–Trinajstić information content (AvgIpc) is 2.36. The maximum Gasteiger partial charge on any atom is 0.285 e. The summed E-state index contributed by atoms with van der Waals surface area (Å²) in [5.41, 5.74) is 0.161. The summed E-state index contributed by atoms with van der Waals surface area (Å²) in [5, 5.41) is -0.133. The molecular weight excluding hydrogens is 204 g/mol. The summed E-state index contributed by atoms with van der Waals surface area (Å²) in [6, 6.07) is 3.02. The number of rotatable bonds is 1. The average molecular weight is 212 g/mol. The van der Waals surface area contributed by atoms with E-state index in [0.717, 1.165) is 4.31 Å². The van der Waals surface area contributed by atoms with E-state index < -0.39 is 15.9 Å². The topological polar surface area (TPSA) is 67.3 Å². The first kappa shape index (κ1) is 9.14. The van der Waals surface area contributed by atoms with Crippen LogP contribution in [0, 0.1) is 0 Å². The van der Waals surface area contributed by atoms with E-state index in [9.17, 15) is 13.2 Å². The summed E-state index contributed by atoms with van der Waals surface area (Å²) in [4.78, 5) is 15.3. The quantitative estimate of drug-likeness (QED) is 0.669. The zero-order valence-electron chi connectivity index (χ0n) is 7.47. The fraction of sp³-hybridized carbons (Fsp3) is 0.250. The van der Waals surface area contributed by atoms with Crippen molar-refractivity contribution in [3.8, 4) is 0 Å². The molecular formula is C8H8N2O3S. The van der Waals surface area contributed by atoms with Crippen LogP contribution >= 0.6 is 0 Å².